The third kappa shape index (κ3) is 3.95. The summed E-state index contributed by atoms with van der Waals surface area (Å²) < 4.78 is 0. The minimum atomic E-state index is -0.154. The van der Waals surface area contributed by atoms with Crippen LogP contribution in [0.4, 0.5) is 5.69 Å². The quantitative estimate of drug-likeness (QED) is 0.680. The van der Waals surface area contributed by atoms with Crippen LogP contribution in [0.1, 0.15) is 10.4 Å². The number of thioether (sulfide) groups is 1. The van der Waals surface area contributed by atoms with Crippen LogP contribution in [0.15, 0.2) is 48.5 Å². The van der Waals surface area contributed by atoms with Gasteiger partial charge in [0, 0.05) is 11.3 Å². The molecular weight excluding hydrogens is 312 g/mol. The van der Waals surface area contributed by atoms with E-state index in [-0.39, 0.29) is 23.2 Å². The Morgan fingerprint density at radius 2 is 1.78 bits per heavy atom. The number of Topliss-reactive ketones (excluding diaryl/α,β-unsaturated/α-hetero) is 1. The highest BCUT2D eigenvalue weighted by molar-refractivity contribution is 8.00. The highest BCUT2D eigenvalue weighted by Crippen LogP contribution is 2.15. The summed E-state index contributed by atoms with van der Waals surface area (Å²) in [6, 6.07) is 14.4. The molecule has 2 N–H and O–H groups in total. The summed E-state index contributed by atoms with van der Waals surface area (Å²) in [5, 5.41) is 13.2. The molecule has 0 radical (unpaired) electrons. The fourth-order valence-electron chi connectivity index (χ4n) is 2.06. The van der Waals surface area contributed by atoms with E-state index in [2.05, 4.69) is 20.7 Å². The molecule has 1 heterocycles. The molecule has 0 spiro atoms. The van der Waals surface area contributed by atoms with E-state index in [9.17, 15) is 9.59 Å². The third-order valence-electron chi connectivity index (χ3n) is 3.16. The van der Waals surface area contributed by atoms with Crippen LogP contribution in [-0.2, 0) is 4.79 Å². The Bertz CT molecular complexity index is 832. The zero-order valence-corrected chi connectivity index (χ0v) is 13.0. The Morgan fingerprint density at radius 3 is 2.61 bits per heavy atom. The molecule has 0 unspecified atom stereocenters. The maximum absolute atomic E-state index is 11.9. The van der Waals surface area contributed by atoms with Crippen molar-refractivity contribution in [2.24, 2.45) is 0 Å². The predicted octanol–water partition coefficient (Wildman–Crippen LogP) is 2.51. The van der Waals surface area contributed by atoms with Gasteiger partial charge in [0.1, 0.15) is 11.0 Å². The van der Waals surface area contributed by atoms with Crippen molar-refractivity contribution in [2.45, 2.75) is 0 Å². The Labute approximate surface area is 136 Å². The molecule has 2 aromatic carbocycles. The summed E-state index contributed by atoms with van der Waals surface area (Å²) in [5.74, 6) is 0.362. The van der Waals surface area contributed by atoms with E-state index >= 15 is 0 Å². The average Bonchev–Trinajstić information content (AvgIpc) is 3.03. The van der Waals surface area contributed by atoms with Gasteiger partial charge in [0.25, 0.3) is 0 Å². The number of H-pyrrole nitrogens is 1. The van der Waals surface area contributed by atoms with Crippen molar-refractivity contribution in [3.63, 3.8) is 0 Å². The number of ketones is 1. The molecule has 3 rings (SSSR count). The molecule has 6 nitrogen and oxygen atoms in total. The topological polar surface area (TPSA) is 87.7 Å². The number of aromatic nitrogens is 3. The van der Waals surface area contributed by atoms with Gasteiger partial charge in [-0.25, -0.2) is 0 Å². The fraction of sp³-hybridized carbons (Fsp3) is 0.125. The van der Waals surface area contributed by atoms with Crippen LogP contribution < -0.4 is 5.32 Å². The molecular formula is C16H14N4O2S. The van der Waals surface area contributed by atoms with Gasteiger partial charge >= 0.3 is 0 Å². The van der Waals surface area contributed by atoms with Crippen LogP contribution in [0.5, 0.6) is 0 Å². The molecule has 23 heavy (non-hydrogen) atoms. The Hall–Kier alpha value is -2.67. The maximum atomic E-state index is 11.9. The van der Waals surface area contributed by atoms with Crippen LogP contribution in [-0.4, -0.2) is 38.6 Å². The number of nitrogens with one attached hydrogen (secondary N) is 2. The number of carbonyl (C=O) groups is 2. The molecule has 1 amide bonds. The van der Waals surface area contributed by atoms with Gasteiger partial charge in [0.15, 0.2) is 5.78 Å². The van der Waals surface area contributed by atoms with Gasteiger partial charge in [-0.05, 0) is 18.2 Å². The van der Waals surface area contributed by atoms with E-state index < -0.39 is 0 Å². The fourth-order valence-corrected chi connectivity index (χ4v) is 2.77. The van der Waals surface area contributed by atoms with E-state index in [0.717, 1.165) is 5.52 Å². The number of aromatic amines is 1. The van der Waals surface area contributed by atoms with E-state index in [1.165, 1.54) is 11.8 Å². The lowest BCUT2D eigenvalue weighted by atomic mass is 10.2. The largest absolute Gasteiger partial charge is 0.325 e. The van der Waals surface area contributed by atoms with E-state index in [0.29, 0.717) is 16.8 Å². The Balaban J connectivity index is 1.48. The standard InChI is InChI=1S/C16H14N4O2S/c21-15(11-4-2-1-3-5-11)9-23-10-16(22)17-12-6-7-13-14(8-12)19-20-18-13/h1-8H,9-10H2,(H,17,22)(H,18,19,20). The minimum absolute atomic E-state index is 0.0208. The van der Waals surface area contributed by atoms with Crippen molar-refractivity contribution in [3.05, 3.63) is 54.1 Å². The predicted molar refractivity (Wildman–Crippen MR) is 90.6 cm³/mol. The summed E-state index contributed by atoms with van der Waals surface area (Å²) in [4.78, 5) is 23.8. The lowest BCUT2D eigenvalue weighted by Gasteiger charge is -2.05. The molecule has 116 valence electrons. The molecule has 1 aromatic heterocycles. The molecule has 7 heteroatoms. The van der Waals surface area contributed by atoms with Gasteiger partial charge in [-0.1, -0.05) is 30.3 Å². The summed E-state index contributed by atoms with van der Waals surface area (Å²) in [6.45, 7) is 0. The van der Waals surface area contributed by atoms with Crippen LogP contribution in [0.3, 0.4) is 0 Å². The first kappa shape index (κ1) is 15.2. The summed E-state index contributed by atoms with van der Waals surface area (Å²) >= 11 is 1.29. The van der Waals surface area contributed by atoms with Crippen LogP contribution in [0.2, 0.25) is 0 Å². The number of benzene rings is 2. The Kier molecular flexibility index (Phi) is 4.68. The van der Waals surface area contributed by atoms with Crippen LogP contribution in [0, 0.1) is 0 Å². The number of amides is 1. The first-order chi connectivity index (χ1) is 11.2. The third-order valence-corrected chi connectivity index (χ3v) is 4.09. The zero-order chi connectivity index (χ0) is 16.1. The average molecular weight is 326 g/mol. The smallest absolute Gasteiger partial charge is 0.234 e. The number of nitrogens with zero attached hydrogens (tertiary/aromatic N) is 2. The SMILES string of the molecule is O=C(CSCC(=O)c1ccccc1)Nc1ccc2n[nH]nc2c1. The number of rotatable bonds is 6. The molecule has 0 aliphatic rings. The monoisotopic (exact) mass is 326 g/mol. The lowest BCUT2D eigenvalue weighted by Crippen LogP contribution is -2.15. The van der Waals surface area contributed by atoms with E-state index in [1.54, 1.807) is 30.3 Å². The second-order valence-electron chi connectivity index (χ2n) is 4.86. The van der Waals surface area contributed by atoms with Gasteiger partial charge in [0.05, 0.1) is 11.5 Å². The van der Waals surface area contributed by atoms with Crippen LogP contribution >= 0.6 is 11.8 Å². The molecule has 3 aromatic rings. The minimum Gasteiger partial charge on any atom is -0.325 e. The normalized spacial score (nSPS) is 10.6. The summed E-state index contributed by atoms with van der Waals surface area (Å²) in [5.41, 5.74) is 2.75. The summed E-state index contributed by atoms with van der Waals surface area (Å²) in [7, 11) is 0. The van der Waals surface area contributed by atoms with Gasteiger partial charge in [-0.3, -0.25) is 9.59 Å². The molecule has 0 atom stereocenters. The van der Waals surface area contributed by atoms with Crippen molar-refractivity contribution in [1.82, 2.24) is 15.4 Å². The van der Waals surface area contributed by atoms with E-state index in [4.69, 9.17) is 0 Å². The first-order valence-corrected chi connectivity index (χ1v) is 8.14. The number of hydrogen-bond acceptors (Lipinski definition) is 5. The van der Waals surface area contributed by atoms with Gasteiger partial charge < -0.3 is 5.32 Å². The lowest BCUT2D eigenvalue weighted by molar-refractivity contribution is -0.113. The molecule has 0 aliphatic heterocycles. The number of fused-ring (bicyclic) bond motifs is 1. The first-order valence-electron chi connectivity index (χ1n) is 6.99. The summed E-state index contributed by atoms with van der Waals surface area (Å²) in [6.07, 6.45) is 0. The van der Waals surface area contributed by atoms with Crippen molar-refractivity contribution >= 4 is 40.2 Å². The molecule has 0 saturated carbocycles. The van der Waals surface area contributed by atoms with Gasteiger partial charge in [-0.15, -0.1) is 11.8 Å². The van der Waals surface area contributed by atoms with Crippen molar-refractivity contribution in [2.75, 3.05) is 16.8 Å². The van der Waals surface area contributed by atoms with Crippen molar-refractivity contribution < 1.29 is 9.59 Å². The highest BCUT2D eigenvalue weighted by Gasteiger charge is 2.08. The Morgan fingerprint density at radius 1 is 1.00 bits per heavy atom. The molecule has 0 saturated heterocycles. The van der Waals surface area contributed by atoms with E-state index in [1.807, 2.05) is 18.2 Å². The zero-order valence-electron chi connectivity index (χ0n) is 12.2. The van der Waals surface area contributed by atoms with Gasteiger partial charge in [-0.2, -0.15) is 15.4 Å². The second-order valence-corrected chi connectivity index (χ2v) is 5.84. The molecule has 0 bridgehead atoms. The van der Waals surface area contributed by atoms with Crippen LogP contribution in [0.25, 0.3) is 11.0 Å². The second kappa shape index (κ2) is 7.06. The number of anilines is 1. The molecule has 0 aliphatic carbocycles. The van der Waals surface area contributed by atoms with Crippen molar-refractivity contribution in [3.8, 4) is 0 Å². The number of carbonyl (C=O) groups excluding carboxylic acids is 2. The highest BCUT2D eigenvalue weighted by atomic mass is 32.2. The number of hydrogen-bond donors (Lipinski definition) is 2. The van der Waals surface area contributed by atoms with Crippen molar-refractivity contribution in [1.29, 1.82) is 0 Å². The van der Waals surface area contributed by atoms with Gasteiger partial charge in [0.2, 0.25) is 5.91 Å². The maximum Gasteiger partial charge on any atom is 0.234 e. The molecule has 0 fully saturated rings.